The van der Waals surface area contributed by atoms with Gasteiger partial charge in [0.15, 0.2) is 5.58 Å². The first-order valence-corrected chi connectivity index (χ1v) is 9.35. The van der Waals surface area contributed by atoms with Crippen molar-refractivity contribution in [3.63, 3.8) is 0 Å². The molecular weight excluding hydrogens is 316 g/mol. The Morgan fingerprint density at radius 2 is 1.92 bits per heavy atom. The van der Waals surface area contributed by atoms with Gasteiger partial charge in [-0.3, -0.25) is 9.69 Å². The predicted octanol–water partition coefficient (Wildman–Crippen LogP) is 2.40. The molecule has 1 amide bonds. The second kappa shape index (κ2) is 7.04. The maximum atomic E-state index is 12.5. The Morgan fingerprint density at radius 1 is 1.20 bits per heavy atom. The standard InChI is InChI=1S/C19H26N4O2/c1-14(18(24)20-15-6-2-3-7-15)22-10-12-23(13-11-22)19-21-16-8-4-5-9-17(16)25-19/h4-5,8-9,14-15H,2-3,6-7,10-13H2,1H3,(H,20,24). The van der Waals surface area contributed by atoms with Gasteiger partial charge in [0.05, 0.1) is 6.04 Å². The zero-order valence-corrected chi connectivity index (χ0v) is 14.8. The van der Waals surface area contributed by atoms with Gasteiger partial charge in [0.2, 0.25) is 5.91 Å². The minimum atomic E-state index is -0.0774. The van der Waals surface area contributed by atoms with E-state index in [4.69, 9.17) is 4.42 Å². The van der Waals surface area contributed by atoms with Crippen molar-refractivity contribution in [3.8, 4) is 0 Å². The Labute approximate surface area is 148 Å². The van der Waals surface area contributed by atoms with E-state index in [0.29, 0.717) is 12.1 Å². The Morgan fingerprint density at radius 3 is 2.64 bits per heavy atom. The van der Waals surface area contributed by atoms with E-state index in [2.05, 4.69) is 20.1 Å². The number of carbonyl (C=O) groups is 1. The number of rotatable bonds is 4. The fourth-order valence-electron chi connectivity index (χ4n) is 3.85. The Balaban J connectivity index is 1.33. The highest BCUT2D eigenvalue weighted by molar-refractivity contribution is 5.81. The molecule has 2 aliphatic rings. The minimum absolute atomic E-state index is 0.0774. The van der Waals surface area contributed by atoms with Crippen LogP contribution in [0.25, 0.3) is 11.1 Å². The Bertz CT molecular complexity index is 697. The lowest BCUT2D eigenvalue weighted by molar-refractivity contribution is -0.126. The number of hydrogen-bond donors (Lipinski definition) is 1. The van der Waals surface area contributed by atoms with Crippen molar-refractivity contribution in [1.82, 2.24) is 15.2 Å². The molecule has 1 aromatic carbocycles. The third-order valence-corrected chi connectivity index (χ3v) is 5.50. The largest absolute Gasteiger partial charge is 0.423 e. The number of piperazine rings is 1. The summed E-state index contributed by atoms with van der Waals surface area (Å²) in [7, 11) is 0. The summed E-state index contributed by atoms with van der Waals surface area (Å²) < 4.78 is 5.86. The average Bonchev–Trinajstić information content (AvgIpc) is 3.30. The molecule has 2 fully saturated rings. The van der Waals surface area contributed by atoms with E-state index in [1.807, 2.05) is 31.2 Å². The van der Waals surface area contributed by atoms with Crippen LogP contribution >= 0.6 is 0 Å². The third kappa shape index (κ3) is 3.49. The van der Waals surface area contributed by atoms with Crippen molar-refractivity contribution in [2.75, 3.05) is 31.1 Å². The van der Waals surface area contributed by atoms with Gasteiger partial charge in [-0.25, -0.2) is 0 Å². The van der Waals surface area contributed by atoms with E-state index in [-0.39, 0.29) is 11.9 Å². The molecule has 0 spiro atoms. The summed E-state index contributed by atoms with van der Waals surface area (Å²) >= 11 is 0. The van der Waals surface area contributed by atoms with Gasteiger partial charge in [-0.15, -0.1) is 0 Å². The first-order chi connectivity index (χ1) is 12.2. The van der Waals surface area contributed by atoms with Crippen LogP contribution in [-0.4, -0.2) is 54.1 Å². The molecule has 0 radical (unpaired) electrons. The molecule has 1 atom stereocenters. The van der Waals surface area contributed by atoms with E-state index in [9.17, 15) is 4.79 Å². The first-order valence-electron chi connectivity index (χ1n) is 9.35. The topological polar surface area (TPSA) is 61.6 Å². The van der Waals surface area contributed by atoms with Gasteiger partial charge in [0, 0.05) is 32.2 Å². The molecule has 6 nitrogen and oxygen atoms in total. The number of para-hydroxylation sites is 2. The van der Waals surface area contributed by atoms with Crippen LogP contribution in [0.15, 0.2) is 28.7 Å². The molecule has 2 heterocycles. The van der Waals surface area contributed by atoms with Gasteiger partial charge in [-0.2, -0.15) is 4.98 Å². The van der Waals surface area contributed by atoms with Crippen molar-refractivity contribution in [3.05, 3.63) is 24.3 Å². The quantitative estimate of drug-likeness (QED) is 0.924. The monoisotopic (exact) mass is 342 g/mol. The first kappa shape index (κ1) is 16.4. The highest BCUT2D eigenvalue weighted by Crippen LogP contribution is 2.23. The third-order valence-electron chi connectivity index (χ3n) is 5.50. The predicted molar refractivity (Wildman–Crippen MR) is 97.7 cm³/mol. The van der Waals surface area contributed by atoms with Crippen LogP contribution in [0.1, 0.15) is 32.6 Å². The van der Waals surface area contributed by atoms with Crippen molar-refractivity contribution < 1.29 is 9.21 Å². The average molecular weight is 342 g/mol. The molecule has 1 saturated heterocycles. The number of carbonyl (C=O) groups excluding carboxylic acids is 1. The fourth-order valence-corrected chi connectivity index (χ4v) is 3.85. The second-order valence-corrected chi connectivity index (χ2v) is 7.15. The van der Waals surface area contributed by atoms with Crippen LogP contribution in [0, 0.1) is 0 Å². The van der Waals surface area contributed by atoms with Gasteiger partial charge < -0.3 is 14.6 Å². The summed E-state index contributed by atoms with van der Waals surface area (Å²) in [5.74, 6) is 0.169. The van der Waals surface area contributed by atoms with Crippen LogP contribution in [0.2, 0.25) is 0 Å². The van der Waals surface area contributed by atoms with Gasteiger partial charge in [0.1, 0.15) is 5.52 Å². The summed E-state index contributed by atoms with van der Waals surface area (Å²) in [6, 6.07) is 8.83. The van der Waals surface area contributed by atoms with Gasteiger partial charge >= 0.3 is 0 Å². The summed E-state index contributed by atoms with van der Waals surface area (Å²) in [5, 5.41) is 3.21. The number of benzene rings is 1. The van der Waals surface area contributed by atoms with E-state index < -0.39 is 0 Å². The molecular formula is C19H26N4O2. The zero-order valence-electron chi connectivity index (χ0n) is 14.8. The molecule has 0 bridgehead atoms. The van der Waals surface area contributed by atoms with E-state index in [1.165, 1.54) is 12.8 Å². The smallest absolute Gasteiger partial charge is 0.298 e. The number of oxazole rings is 1. The normalized spacial score (nSPS) is 20.9. The molecule has 4 rings (SSSR count). The molecule has 134 valence electrons. The number of anilines is 1. The van der Waals surface area contributed by atoms with Crippen LogP contribution in [-0.2, 0) is 4.79 Å². The minimum Gasteiger partial charge on any atom is -0.423 e. The second-order valence-electron chi connectivity index (χ2n) is 7.15. The lowest BCUT2D eigenvalue weighted by atomic mass is 10.2. The molecule has 2 aromatic rings. The summed E-state index contributed by atoms with van der Waals surface area (Å²) in [6.45, 7) is 5.36. The van der Waals surface area contributed by atoms with Crippen LogP contribution in [0.5, 0.6) is 0 Å². The van der Waals surface area contributed by atoms with Gasteiger partial charge in [0.25, 0.3) is 6.01 Å². The maximum absolute atomic E-state index is 12.5. The number of nitrogens with zero attached hydrogens (tertiary/aromatic N) is 3. The van der Waals surface area contributed by atoms with Crippen molar-refractivity contribution in [2.24, 2.45) is 0 Å². The van der Waals surface area contributed by atoms with Crippen molar-refractivity contribution in [1.29, 1.82) is 0 Å². The number of nitrogens with one attached hydrogen (secondary N) is 1. The van der Waals surface area contributed by atoms with Gasteiger partial charge in [-0.1, -0.05) is 25.0 Å². The van der Waals surface area contributed by atoms with Crippen LogP contribution < -0.4 is 10.2 Å². The van der Waals surface area contributed by atoms with Crippen LogP contribution in [0.3, 0.4) is 0 Å². The maximum Gasteiger partial charge on any atom is 0.298 e. The summed E-state index contributed by atoms with van der Waals surface area (Å²) in [4.78, 5) is 21.5. The molecule has 1 aliphatic heterocycles. The number of fused-ring (bicyclic) bond motifs is 1. The lowest BCUT2D eigenvalue weighted by Gasteiger charge is -2.37. The molecule has 1 unspecified atom stereocenters. The van der Waals surface area contributed by atoms with E-state index in [1.54, 1.807) is 0 Å². The highest BCUT2D eigenvalue weighted by atomic mass is 16.4. The van der Waals surface area contributed by atoms with Crippen LogP contribution in [0.4, 0.5) is 6.01 Å². The molecule has 25 heavy (non-hydrogen) atoms. The lowest BCUT2D eigenvalue weighted by Crippen LogP contribution is -2.55. The Hall–Kier alpha value is -2.08. The SMILES string of the molecule is CC(C(=O)NC1CCCC1)N1CCN(c2nc3ccccc3o2)CC1. The van der Waals surface area contributed by atoms with Crippen molar-refractivity contribution >= 4 is 23.0 Å². The summed E-state index contributed by atoms with van der Waals surface area (Å²) in [6.07, 6.45) is 4.74. The molecule has 6 heteroatoms. The highest BCUT2D eigenvalue weighted by Gasteiger charge is 2.28. The van der Waals surface area contributed by atoms with E-state index >= 15 is 0 Å². The number of amides is 1. The molecule has 1 N–H and O–H groups in total. The summed E-state index contributed by atoms with van der Waals surface area (Å²) in [5.41, 5.74) is 1.72. The molecule has 1 saturated carbocycles. The van der Waals surface area contributed by atoms with E-state index in [0.717, 1.165) is 50.1 Å². The molecule has 1 aliphatic carbocycles. The Kier molecular flexibility index (Phi) is 4.61. The number of hydrogen-bond acceptors (Lipinski definition) is 5. The fraction of sp³-hybridized carbons (Fsp3) is 0.579. The number of aromatic nitrogens is 1. The van der Waals surface area contributed by atoms with Crippen molar-refractivity contribution in [2.45, 2.75) is 44.7 Å². The van der Waals surface area contributed by atoms with Gasteiger partial charge in [-0.05, 0) is 31.9 Å². The molecule has 1 aromatic heterocycles. The zero-order chi connectivity index (χ0) is 17.2.